The third-order valence-corrected chi connectivity index (χ3v) is 5.62. The first kappa shape index (κ1) is 18.0. The zero-order valence-electron chi connectivity index (χ0n) is 14.7. The number of nitrogens with one attached hydrogen (secondary N) is 1. The van der Waals surface area contributed by atoms with Crippen LogP contribution in [0.2, 0.25) is 0 Å². The second-order valence-electron chi connectivity index (χ2n) is 7.20. The van der Waals surface area contributed by atoms with Crippen LogP contribution in [0.15, 0.2) is 0 Å². The zero-order chi connectivity index (χ0) is 15.0. The molecule has 1 aliphatic rings. The highest BCUT2D eigenvalue weighted by Crippen LogP contribution is 2.30. The minimum atomic E-state index is 0.480. The van der Waals surface area contributed by atoms with Gasteiger partial charge in [0.2, 0.25) is 0 Å². The molecule has 0 aromatic carbocycles. The van der Waals surface area contributed by atoms with Gasteiger partial charge in [0.05, 0.1) is 0 Å². The van der Waals surface area contributed by atoms with Crippen LogP contribution >= 0.6 is 0 Å². The molecule has 0 bridgehead atoms. The predicted molar refractivity (Wildman–Crippen MR) is 90.2 cm³/mol. The van der Waals surface area contributed by atoms with Gasteiger partial charge < -0.3 is 10.2 Å². The van der Waals surface area contributed by atoms with Crippen LogP contribution in [0.25, 0.3) is 0 Å². The lowest BCUT2D eigenvalue weighted by atomic mass is 9.81. The molecule has 1 atom stereocenters. The molecule has 1 aliphatic heterocycles. The summed E-state index contributed by atoms with van der Waals surface area (Å²) in [5, 5.41) is 3.60. The summed E-state index contributed by atoms with van der Waals surface area (Å²) in [6, 6.07) is 0. The number of nitrogens with zero attached hydrogens (tertiary/aromatic N) is 1. The Morgan fingerprint density at radius 3 is 2.35 bits per heavy atom. The fourth-order valence-corrected chi connectivity index (χ4v) is 3.65. The van der Waals surface area contributed by atoms with Crippen molar-refractivity contribution in [2.75, 3.05) is 32.7 Å². The molecule has 2 heteroatoms. The summed E-state index contributed by atoms with van der Waals surface area (Å²) >= 11 is 0. The molecule has 1 unspecified atom stereocenters. The highest BCUT2D eigenvalue weighted by molar-refractivity contribution is 4.84. The van der Waals surface area contributed by atoms with E-state index in [1.165, 1.54) is 58.3 Å². The lowest BCUT2D eigenvalue weighted by molar-refractivity contribution is 0.136. The van der Waals surface area contributed by atoms with Crippen molar-refractivity contribution in [1.82, 2.24) is 10.2 Å². The van der Waals surface area contributed by atoms with Gasteiger partial charge in [-0.3, -0.25) is 0 Å². The average molecular weight is 283 g/mol. The number of likely N-dealkylation sites (tertiary alicyclic amines) is 1. The van der Waals surface area contributed by atoms with E-state index in [0.29, 0.717) is 5.41 Å². The molecule has 20 heavy (non-hydrogen) atoms. The van der Waals surface area contributed by atoms with Gasteiger partial charge >= 0.3 is 0 Å². The van der Waals surface area contributed by atoms with Gasteiger partial charge in [0.15, 0.2) is 0 Å². The van der Waals surface area contributed by atoms with Gasteiger partial charge in [0.25, 0.3) is 0 Å². The molecule has 0 aromatic rings. The Labute approximate surface area is 127 Å². The Morgan fingerprint density at radius 1 is 1.10 bits per heavy atom. The first-order chi connectivity index (χ1) is 9.56. The van der Waals surface area contributed by atoms with Crippen LogP contribution in [0.1, 0.15) is 66.7 Å². The van der Waals surface area contributed by atoms with Crippen LogP contribution in [-0.4, -0.2) is 37.6 Å². The molecular weight excluding hydrogens is 244 g/mol. The van der Waals surface area contributed by atoms with Crippen LogP contribution in [0.4, 0.5) is 0 Å². The molecule has 1 saturated heterocycles. The lowest BCUT2D eigenvalue weighted by Gasteiger charge is -2.37. The van der Waals surface area contributed by atoms with Crippen molar-refractivity contribution >= 4 is 0 Å². The van der Waals surface area contributed by atoms with E-state index in [9.17, 15) is 0 Å². The quantitative estimate of drug-likeness (QED) is 0.719. The lowest BCUT2D eigenvalue weighted by Crippen LogP contribution is -2.44. The predicted octanol–water partition coefficient (Wildman–Crippen LogP) is 4.16. The van der Waals surface area contributed by atoms with Gasteiger partial charge in [-0.2, -0.15) is 0 Å². The van der Waals surface area contributed by atoms with Crippen molar-refractivity contribution in [3.8, 4) is 0 Å². The monoisotopic (exact) mass is 282 g/mol. The minimum Gasteiger partial charge on any atom is -0.316 e. The smallest absolute Gasteiger partial charge is 0.00499 e. The van der Waals surface area contributed by atoms with Crippen LogP contribution in [-0.2, 0) is 0 Å². The Bertz CT molecular complexity index is 246. The summed E-state index contributed by atoms with van der Waals surface area (Å²) in [6.07, 6.45) is 6.82. The molecule has 1 N–H and O–H groups in total. The topological polar surface area (TPSA) is 15.3 Å². The first-order valence-corrected chi connectivity index (χ1v) is 9.00. The Morgan fingerprint density at radius 2 is 1.80 bits per heavy atom. The van der Waals surface area contributed by atoms with E-state index in [-0.39, 0.29) is 0 Å². The molecule has 0 saturated carbocycles. The normalized spacial score (nSPS) is 22.2. The summed E-state index contributed by atoms with van der Waals surface area (Å²) in [4.78, 5) is 2.76. The van der Waals surface area contributed by atoms with E-state index >= 15 is 0 Å². The zero-order valence-corrected chi connectivity index (χ0v) is 14.7. The molecule has 0 spiro atoms. The fraction of sp³-hybridized carbons (Fsp3) is 1.00. The van der Waals surface area contributed by atoms with Gasteiger partial charge in [-0.1, -0.05) is 34.6 Å². The molecule has 1 heterocycles. The Balaban J connectivity index is 2.55. The molecule has 0 aliphatic carbocycles. The molecule has 0 amide bonds. The SMILES string of the molecule is CCNCC(CC)(CC)CN1CCCC(C(C)C)CC1. The number of rotatable bonds is 8. The van der Waals surface area contributed by atoms with Crippen LogP contribution in [0.3, 0.4) is 0 Å². The molecular formula is C18H38N2. The van der Waals surface area contributed by atoms with Crippen LogP contribution < -0.4 is 5.32 Å². The number of hydrogen-bond acceptors (Lipinski definition) is 2. The van der Waals surface area contributed by atoms with Gasteiger partial charge in [-0.15, -0.1) is 0 Å². The van der Waals surface area contributed by atoms with E-state index < -0.39 is 0 Å². The van der Waals surface area contributed by atoms with Gasteiger partial charge in [-0.05, 0) is 69.0 Å². The second-order valence-corrected chi connectivity index (χ2v) is 7.20. The maximum atomic E-state index is 3.60. The standard InChI is InChI=1S/C18H38N2/c1-6-18(7-2,14-19-8-3)15-20-12-9-10-17(11-13-20)16(4)5/h16-17,19H,6-15H2,1-5H3. The van der Waals surface area contributed by atoms with Crippen molar-refractivity contribution in [3.05, 3.63) is 0 Å². The second kappa shape index (κ2) is 9.04. The largest absolute Gasteiger partial charge is 0.316 e. The van der Waals surface area contributed by atoms with Crippen molar-refractivity contribution in [2.45, 2.75) is 66.7 Å². The maximum Gasteiger partial charge on any atom is 0.00499 e. The van der Waals surface area contributed by atoms with Gasteiger partial charge in [0.1, 0.15) is 0 Å². The number of hydrogen-bond donors (Lipinski definition) is 1. The summed E-state index contributed by atoms with van der Waals surface area (Å²) in [5.74, 6) is 1.81. The van der Waals surface area contributed by atoms with E-state index in [1.807, 2.05) is 0 Å². The third-order valence-electron chi connectivity index (χ3n) is 5.62. The maximum absolute atomic E-state index is 3.60. The summed E-state index contributed by atoms with van der Waals surface area (Å²) in [6.45, 7) is 17.9. The summed E-state index contributed by atoms with van der Waals surface area (Å²) in [5.41, 5.74) is 0.480. The van der Waals surface area contributed by atoms with Crippen LogP contribution in [0.5, 0.6) is 0 Å². The Kier molecular flexibility index (Phi) is 8.13. The van der Waals surface area contributed by atoms with Crippen molar-refractivity contribution in [2.24, 2.45) is 17.3 Å². The van der Waals surface area contributed by atoms with E-state index in [1.54, 1.807) is 0 Å². The summed E-state index contributed by atoms with van der Waals surface area (Å²) < 4.78 is 0. The molecule has 0 radical (unpaired) electrons. The molecule has 2 nitrogen and oxygen atoms in total. The molecule has 1 fully saturated rings. The average Bonchev–Trinajstić information content (AvgIpc) is 2.69. The summed E-state index contributed by atoms with van der Waals surface area (Å²) in [7, 11) is 0. The Hall–Kier alpha value is -0.0800. The minimum absolute atomic E-state index is 0.480. The third kappa shape index (κ3) is 5.37. The van der Waals surface area contributed by atoms with Crippen molar-refractivity contribution in [1.29, 1.82) is 0 Å². The highest BCUT2D eigenvalue weighted by Gasteiger charge is 2.29. The fourth-order valence-electron chi connectivity index (χ4n) is 3.65. The molecule has 0 aromatic heterocycles. The molecule has 1 rings (SSSR count). The molecule has 120 valence electrons. The van der Waals surface area contributed by atoms with Gasteiger partial charge in [-0.25, -0.2) is 0 Å². The van der Waals surface area contributed by atoms with E-state index in [4.69, 9.17) is 0 Å². The van der Waals surface area contributed by atoms with Gasteiger partial charge in [0, 0.05) is 13.1 Å². The van der Waals surface area contributed by atoms with Crippen LogP contribution in [0, 0.1) is 17.3 Å². The first-order valence-electron chi connectivity index (χ1n) is 9.00. The van der Waals surface area contributed by atoms with E-state index in [2.05, 4.69) is 44.8 Å². The highest BCUT2D eigenvalue weighted by atomic mass is 15.1. The van der Waals surface area contributed by atoms with Crippen molar-refractivity contribution in [3.63, 3.8) is 0 Å². The van der Waals surface area contributed by atoms with E-state index in [0.717, 1.165) is 18.4 Å². The van der Waals surface area contributed by atoms with Crippen molar-refractivity contribution < 1.29 is 0 Å².